The first-order chi connectivity index (χ1) is 10.2. The van der Waals surface area contributed by atoms with Gasteiger partial charge in [-0.3, -0.25) is 4.79 Å². The number of amides is 1. The third kappa shape index (κ3) is 2.57. The lowest BCUT2D eigenvalue weighted by Crippen LogP contribution is -2.25. The summed E-state index contributed by atoms with van der Waals surface area (Å²) in [5.74, 6) is 0.343. The summed E-state index contributed by atoms with van der Waals surface area (Å²) in [6.07, 6.45) is 3.48. The number of nitrogens with two attached hydrogens (primary N) is 1. The predicted molar refractivity (Wildman–Crippen MR) is 79.1 cm³/mol. The van der Waals surface area contributed by atoms with Crippen LogP contribution in [0.2, 0.25) is 0 Å². The largest absolute Gasteiger partial charge is 0.397 e. The quantitative estimate of drug-likeness (QED) is 0.757. The molecular formula is C13H13N5O2S. The Bertz CT molecular complexity index is 781. The molecule has 0 saturated carbocycles. The van der Waals surface area contributed by atoms with Gasteiger partial charge in [0, 0.05) is 24.5 Å². The smallest absolute Gasteiger partial charge is 0.263 e. The number of aromatic nitrogens is 3. The van der Waals surface area contributed by atoms with Gasteiger partial charge in [-0.05, 0) is 18.6 Å². The van der Waals surface area contributed by atoms with Gasteiger partial charge in [-0.25, -0.2) is 4.98 Å². The molecule has 0 aliphatic rings. The monoisotopic (exact) mass is 303 g/mol. The van der Waals surface area contributed by atoms with E-state index in [9.17, 15) is 4.79 Å². The van der Waals surface area contributed by atoms with Gasteiger partial charge in [-0.15, -0.1) is 11.3 Å². The van der Waals surface area contributed by atoms with Crippen LogP contribution < -0.4 is 11.1 Å². The molecule has 0 aromatic carbocycles. The second kappa shape index (κ2) is 5.49. The molecular weight excluding hydrogens is 290 g/mol. The van der Waals surface area contributed by atoms with E-state index in [1.54, 1.807) is 6.20 Å². The number of nitrogen functional groups attached to an aromatic ring is 1. The molecule has 3 aromatic heterocycles. The van der Waals surface area contributed by atoms with Crippen molar-refractivity contribution in [3.05, 3.63) is 34.9 Å². The highest BCUT2D eigenvalue weighted by Gasteiger charge is 2.18. The Labute approximate surface area is 124 Å². The lowest BCUT2D eigenvalue weighted by atomic mass is 10.2. The maximum Gasteiger partial charge on any atom is 0.263 e. The molecule has 3 N–H and O–H groups in total. The lowest BCUT2D eigenvalue weighted by molar-refractivity contribution is 0.0959. The van der Waals surface area contributed by atoms with E-state index in [1.807, 2.05) is 13.0 Å². The van der Waals surface area contributed by atoms with Gasteiger partial charge < -0.3 is 15.6 Å². The summed E-state index contributed by atoms with van der Waals surface area (Å²) in [7, 11) is 0. The molecule has 0 atom stereocenters. The zero-order valence-electron chi connectivity index (χ0n) is 11.3. The summed E-state index contributed by atoms with van der Waals surface area (Å²) in [6.45, 7) is 2.36. The van der Waals surface area contributed by atoms with Crippen molar-refractivity contribution in [3.8, 4) is 0 Å². The minimum absolute atomic E-state index is 0.210. The average molecular weight is 303 g/mol. The molecule has 0 fully saturated rings. The Morgan fingerprint density at radius 1 is 1.48 bits per heavy atom. The second-order valence-electron chi connectivity index (χ2n) is 4.51. The van der Waals surface area contributed by atoms with Gasteiger partial charge in [0.05, 0.1) is 5.69 Å². The molecule has 0 aliphatic carbocycles. The molecule has 21 heavy (non-hydrogen) atoms. The summed E-state index contributed by atoms with van der Waals surface area (Å²) < 4.78 is 4.63. The van der Waals surface area contributed by atoms with E-state index in [2.05, 4.69) is 25.0 Å². The first kappa shape index (κ1) is 13.5. The fourth-order valence-corrected chi connectivity index (χ4v) is 3.10. The van der Waals surface area contributed by atoms with Crippen molar-refractivity contribution < 1.29 is 9.32 Å². The Balaban J connectivity index is 1.75. The number of carbonyl (C=O) groups is 1. The maximum atomic E-state index is 12.2. The summed E-state index contributed by atoms with van der Waals surface area (Å²) >= 11 is 1.30. The minimum Gasteiger partial charge on any atom is -0.397 e. The number of nitrogens with zero attached hydrogens (tertiary/aromatic N) is 3. The average Bonchev–Trinajstić information content (AvgIpc) is 3.08. The molecule has 108 valence electrons. The van der Waals surface area contributed by atoms with Crippen LogP contribution in [-0.2, 0) is 6.42 Å². The summed E-state index contributed by atoms with van der Waals surface area (Å²) in [5.41, 5.74) is 7.57. The molecule has 0 aliphatic heterocycles. The zero-order chi connectivity index (χ0) is 14.8. The van der Waals surface area contributed by atoms with Crippen LogP contribution in [0.25, 0.3) is 10.2 Å². The van der Waals surface area contributed by atoms with Crippen molar-refractivity contribution in [1.29, 1.82) is 0 Å². The van der Waals surface area contributed by atoms with E-state index >= 15 is 0 Å². The molecule has 3 aromatic rings. The number of hydrogen-bond acceptors (Lipinski definition) is 7. The SMILES string of the molecule is Cc1ccnc2sc(C(=O)NCCc3ncon3)c(N)c12. The first-order valence-corrected chi connectivity index (χ1v) is 7.15. The van der Waals surface area contributed by atoms with E-state index in [-0.39, 0.29) is 5.91 Å². The Hall–Kier alpha value is -2.48. The van der Waals surface area contributed by atoms with E-state index in [0.717, 1.165) is 15.8 Å². The van der Waals surface area contributed by atoms with Crippen molar-refractivity contribution >= 4 is 33.1 Å². The van der Waals surface area contributed by atoms with Crippen LogP contribution >= 0.6 is 11.3 Å². The van der Waals surface area contributed by atoms with Crippen molar-refractivity contribution in [1.82, 2.24) is 20.4 Å². The third-order valence-electron chi connectivity index (χ3n) is 3.08. The number of fused-ring (bicyclic) bond motifs is 1. The van der Waals surface area contributed by atoms with Gasteiger partial charge in [0.25, 0.3) is 5.91 Å². The molecule has 0 radical (unpaired) electrons. The van der Waals surface area contributed by atoms with Crippen molar-refractivity contribution in [2.75, 3.05) is 12.3 Å². The molecule has 3 heterocycles. The molecule has 0 bridgehead atoms. The number of rotatable bonds is 4. The fourth-order valence-electron chi connectivity index (χ4n) is 2.04. The molecule has 0 unspecified atom stereocenters. The van der Waals surface area contributed by atoms with Crippen molar-refractivity contribution in [3.63, 3.8) is 0 Å². The first-order valence-electron chi connectivity index (χ1n) is 6.34. The minimum atomic E-state index is -0.210. The van der Waals surface area contributed by atoms with Crippen LogP contribution in [-0.4, -0.2) is 27.6 Å². The topological polar surface area (TPSA) is 107 Å². The van der Waals surface area contributed by atoms with Gasteiger partial charge in [0.2, 0.25) is 6.39 Å². The number of aryl methyl sites for hydroxylation is 1. The standard InChI is InChI=1S/C13H13N5O2S/c1-7-2-4-16-13-9(7)10(14)11(21-13)12(19)15-5-3-8-17-6-20-18-8/h2,4,6H,3,5,14H2,1H3,(H,15,19). The van der Waals surface area contributed by atoms with Gasteiger partial charge in [0.15, 0.2) is 5.82 Å². The van der Waals surface area contributed by atoms with E-state index in [0.29, 0.717) is 29.4 Å². The normalized spacial score (nSPS) is 10.9. The molecule has 0 spiro atoms. The van der Waals surface area contributed by atoms with Crippen LogP contribution in [0, 0.1) is 6.92 Å². The highest BCUT2D eigenvalue weighted by molar-refractivity contribution is 7.21. The molecule has 0 saturated heterocycles. The molecule has 7 nitrogen and oxygen atoms in total. The maximum absolute atomic E-state index is 12.2. The van der Waals surface area contributed by atoms with Gasteiger partial charge in [-0.2, -0.15) is 4.98 Å². The third-order valence-corrected chi connectivity index (χ3v) is 4.20. The van der Waals surface area contributed by atoms with E-state index in [1.165, 1.54) is 17.7 Å². The molecule has 1 amide bonds. The summed E-state index contributed by atoms with van der Waals surface area (Å²) in [4.78, 5) is 21.6. The molecule has 3 rings (SSSR count). The van der Waals surface area contributed by atoms with E-state index < -0.39 is 0 Å². The zero-order valence-corrected chi connectivity index (χ0v) is 12.1. The van der Waals surface area contributed by atoms with Gasteiger partial charge in [0.1, 0.15) is 9.71 Å². The lowest BCUT2D eigenvalue weighted by Gasteiger charge is -2.02. The van der Waals surface area contributed by atoms with Crippen LogP contribution in [0.3, 0.4) is 0 Å². The van der Waals surface area contributed by atoms with Crippen LogP contribution in [0.4, 0.5) is 5.69 Å². The Morgan fingerprint density at radius 3 is 3.05 bits per heavy atom. The number of nitrogens with one attached hydrogen (secondary N) is 1. The second-order valence-corrected chi connectivity index (χ2v) is 5.51. The van der Waals surface area contributed by atoms with Crippen LogP contribution in [0.1, 0.15) is 21.1 Å². The fraction of sp³-hybridized carbons (Fsp3) is 0.231. The number of anilines is 1. The van der Waals surface area contributed by atoms with Crippen molar-refractivity contribution in [2.45, 2.75) is 13.3 Å². The van der Waals surface area contributed by atoms with Crippen LogP contribution in [0.15, 0.2) is 23.2 Å². The van der Waals surface area contributed by atoms with Gasteiger partial charge >= 0.3 is 0 Å². The highest BCUT2D eigenvalue weighted by Crippen LogP contribution is 2.34. The van der Waals surface area contributed by atoms with Crippen molar-refractivity contribution in [2.24, 2.45) is 0 Å². The number of hydrogen-bond donors (Lipinski definition) is 2. The summed E-state index contributed by atoms with van der Waals surface area (Å²) in [6, 6.07) is 1.88. The highest BCUT2D eigenvalue weighted by atomic mass is 32.1. The number of carbonyl (C=O) groups excluding carboxylic acids is 1. The number of pyridine rings is 1. The van der Waals surface area contributed by atoms with Gasteiger partial charge in [-0.1, -0.05) is 5.16 Å². The molecule has 8 heteroatoms. The van der Waals surface area contributed by atoms with Crippen LogP contribution in [0.5, 0.6) is 0 Å². The Morgan fingerprint density at radius 2 is 2.33 bits per heavy atom. The van der Waals surface area contributed by atoms with E-state index in [4.69, 9.17) is 5.73 Å². The number of thiophene rings is 1. The predicted octanol–water partition coefficient (Wildman–Crippen LogP) is 1.54. The summed E-state index contributed by atoms with van der Waals surface area (Å²) in [5, 5.41) is 7.33. The Kier molecular flexibility index (Phi) is 3.53.